The van der Waals surface area contributed by atoms with Gasteiger partial charge in [-0.05, 0) is 33.0 Å². The largest absolute Gasteiger partial charge is 0.496 e. The minimum absolute atomic E-state index is 0.00569. The number of hydrogen-bond acceptors (Lipinski definition) is 3. The van der Waals surface area contributed by atoms with E-state index in [1.807, 2.05) is 18.2 Å². The summed E-state index contributed by atoms with van der Waals surface area (Å²) in [6, 6.07) is 8.12. The molecule has 1 unspecified atom stereocenters. The van der Waals surface area contributed by atoms with Gasteiger partial charge in [-0.3, -0.25) is 0 Å². The fourth-order valence-corrected chi connectivity index (χ4v) is 3.24. The van der Waals surface area contributed by atoms with Crippen LogP contribution in [0.15, 0.2) is 24.3 Å². The van der Waals surface area contributed by atoms with Gasteiger partial charge in [0.25, 0.3) is 0 Å². The normalized spacial score (nSPS) is 20.1. The van der Waals surface area contributed by atoms with E-state index in [0.29, 0.717) is 0 Å². The van der Waals surface area contributed by atoms with Crippen molar-refractivity contribution in [2.24, 2.45) is 5.73 Å². The van der Waals surface area contributed by atoms with Crippen LogP contribution in [0.4, 0.5) is 0 Å². The fraction of sp³-hybridized carbons (Fsp3) is 0.600. The average Bonchev–Trinajstić information content (AvgIpc) is 2.88. The lowest BCUT2D eigenvalue weighted by atomic mass is 9.83. The second-order valence-corrected chi connectivity index (χ2v) is 5.42. The summed E-state index contributed by atoms with van der Waals surface area (Å²) in [5, 5.41) is 0. The molecule has 0 bridgehead atoms. The Labute approximate surface area is 110 Å². The summed E-state index contributed by atoms with van der Waals surface area (Å²) in [5.41, 5.74) is 7.79. The van der Waals surface area contributed by atoms with Gasteiger partial charge in [0.2, 0.25) is 0 Å². The summed E-state index contributed by atoms with van der Waals surface area (Å²) >= 11 is 0. The minimum atomic E-state index is 0.00569. The number of rotatable bonds is 4. The van der Waals surface area contributed by atoms with Crippen LogP contribution in [0, 0.1) is 0 Å². The van der Waals surface area contributed by atoms with E-state index in [0.717, 1.165) is 11.3 Å². The van der Waals surface area contributed by atoms with Crippen molar-refractivity contribution in [3.63, 3.8) is 0 Å². The molecule has 0 heterocycles. The van der Waals surface area contributed by atoms with Crippen molar-refractivity contribution < 1.29 is 4.74 Å². The molecule has 0 saturated heterocycles. The molecule has 0 spiro atoms. The van der Waals surface area contributed by atoms with Crippen molar-refractivity contribution in [3.8, 4) is 5.75 Å². The van der Waals surface area contributed by atoms with Gasteiger partial charge in [0, 0.05) is 11.1 Å². The van der Waals surface area contributed by atoms with E-state index in [4.69, 9.17) is 10.5 Å². The summed E-state index contributed by atoms with van der Waals surface area (Å²) in [7, 11) is 5.99. The van der Waals surface area contributed by atoms with Crippen LogP contribution in [0.25, 0.3) is 0 Å². The molecule has 100 valence electrons. The Balaban J connectivity index is 2.37. The second-order valence-electron chi connectivity index (χ2n) is 5.42. The van der Waals surface area contributed by atoms with Crippen LogP contribution in [0.1, 0.15) is 37.3 Å². The zero-order valence-corrected chi connectivity index (χ0v) is 11.6. The number of hydrogen-bond donors (Lipinski definition) is 1. The third kappa shape index (κ3) is 2.13. The highest BCUT2D eigenvalue weighted by Crippen LogP contribution is 2.44. The van der Waals surface area contributed by atoms with Gasteiger partial charge in [0.05, 0.1) is 13.2 Å². The van der Waals surface area contributed by atoms with Crippen molar-refractivity contribution in [3.05, 3.63) is 29.8 Å². The summed E-state index contributed by atoms with van der Waals surface area (Å²) in [6.45, 7) is 0. The number of nitrogens with two attached hydrogens (primary N) is 1. The number of methoxy groups -OCH3 is 1. The first kappa shape index (κ1) is 13.4. The molecule has 1 saturated carbocycles. The molecule has 2 rings (SSSR count). The number of nitrogens with zero attached hydrogens (tertiary/aromatic N) is 1. The summed E-state index contributed by atoms with van der Waals surface area (Å²) in [6.07, 6.45) is 4.86. The van der Waals surface area contributed by atoms with E-state index >= 15 is 0 Å². The van der Waals surface area contributed by atoms with E-state index in [1.54, 1.807) is 7.11 Å². The van der Waals surface area contributed by atoms with Gasteiger partial charge in [0.15, 0.2) is 0 Å². The van der Waals surface area contributed by atoms with Crippen molar-refractivity contribution in [1.82, 2.24) is 4.90 Å². The Hall–Kier alpha value is -1.06. The third-order valence-electron chi connectivity index (χ3n) is 4.41. The lowest BCUT2D eigenvalue weighted by Gasteiger charge is -2.42. The Morgan fingerprint density at radius 3 is 2.39 bits per heavy atom. The maximum atomic E-state index is 6.59. The Morgan fingerprint density at radius 2 is 1.83 bits per heavy atom. The van der Waals surface area contributed by atoms with Crippen LogP contribution in [0.3, 0.4) is 0 Å². The van der Waals surface area contributed by atoms with Crippen LogP contribution >= 0.6 is 0 Å². The molecule has 3 heteroatoms. The lowest BCUT2D eigenvalue weighted by molar-refractivity contribution is 0.122. The molecule has 1 fully saturated rings. The van der Waals surface area contributed by atoms with Crippen molar-refractivity contribution in [2.75, 3.05) is 21.2 Å². The number of benzene rings is 1. The fourth-order valence-electron chi connectivity index (χ4n) is 3.24. The molecular formula is C15H24N2O. The van der Waals surface area contributed by atoms with E-state index < -0.39 is 0 Å². The minimum Gasteiger partial charge on any atom is -0.496 e. The monoisotopic (exact) mass is 248 g/mol. The molecule has 1 aromatic rings. The Morgan fingerprint density at radius 1 is 1.22 bits per heavy atom. The van der Waals surface area contributed by atoms with Crippen molar-refractivity contribution >= 4 is 0 Å². The molecule has 3 nitrogen and oxygen atoms in total. The van der Waals surface area contributed by atoms with Crippen molar-refractivity contribution in [2.45, 2.75) is 37.3 Å². The topological polar surface area (TPSA) is 38.5 Å². The molecule has 2 N–H and O–H groups in total. The van der Waals surface area contributed by atoms with Gasteiger partial charge >= 0.3 is 0 Å². The van der Waals surface area contributed by atoms with Crippen LogP contribution in [-0.4, -0.2) is 31.6 Å². The van der Waals surface area contributed by atoms with Gasteiger partial charge in [-0.15, -0.1) is 0 Å². The van der Waals surface area contributed by atoms with Crippen LogP contribution < -0.4 is 10.5 Å². The zero-order valence-electron chi connectivity index (χ0n) is 11.6. The van der Waals surface area contributed by atoms with Gasteiger partial charge < -0.3 is 15.4 Å². The number of ether oxygens (including phenoxy) is 1. The van der Waals surface area contributed by atoms with Gasteiger partial charge in [-0.2, -0.15) is 0 Å². The predicted octanol–water partition coefficient (Wildman–Crippen LogP) is 2.57. The first-order valence-corrected chi connectivity index (χ1v) is 6.68. The van der Waals surface area contributed by atoms with Gasteiger partial charge in [-0.1, -0.05) is 31.0 Å². The van der Waals surface area contributed by atoms with Crippen molar-refractivity contribution in [1.29, 1.82) is 0 Å². The summed E-state index contributed by atoms with van der Waals surface area (Å²) in [4.78, 5) is 2.30. The standard InChI is InChI=1S/C15H24N2O/c1-17(2)15(10-6-7-11-15)14(16)12-8-4-5-9-13(12)18-3/h4-5,8-9,14H,6-7,10-11,16H2,1-3H3. The Bertz CT molecular complexity index is 397. The molecule has 0 aromatic heterocycles. The third-order valence-corrected chi connectivity index (χ3v) is 4.41. The first-order chi connectivity index (χ1) is 8.62. The first-order valence-electron chi connectivity index (χ1n) is 6.68. The smallest absolute Gasteiger partial charge is 0.123 e. The molecule has 0 amide bonds. The zero-order chi connectivity index (χ0) is 13.2. The molecule has 0 aliphatic heterocycles. The van der Waals surface area contributed by atoms with E-state index in [1.165, 1.54) is 25.7 Å². The van der Waals surface area contributed by atoms with Gasteiger partial charge in [-0.25, -0.2) is 0 Å². The highest BCUT2D eigenvalue weighted by Gasteiger charge is 2.42. The summed E-state index contributed by atoms with van der Waals surface area (Å²) in [5.74, 6) is 0.901. The quantitative estimate of drug-likeness (QED) is 0.890. The van der Waals surface area contributed by atoms with Gasteiger partial charge in [0.1, 0.15) is 5.75 Å². The SMILES string of the molecule is COc1ccccc1C(N)C1(N(C)C)CCCC1. The highest BCUT2D eigenvalue weighted by molar-refractivity contribution is 5.38. The average molecular weight is 248 g/mol. The molecule has 1 aliphatic rings. The molecule has 1 atom stereocenters. The summed E-state index contributed by atoms with van der Waals surface area (Å²) < 4.78 is 5.45. The Kier molecular flexibility index (Phi) is 3.93. The van der Waals surface area contributed by atoms with E-state index in [2.05, 4.69) is 25.1 Å². The van der Waals surface area contributed by atoms with Crippen LogP contribution in [0.5, 0.6) is 5.75 Å². The molecule has 1 aliphatic carbocycles. The predicted molar refractivity (Wildman–Crippen MR) is 74.8 cm³/mol. The molecule has 0 radical (unpaired) electrons. The highest BCUT2D eigenvalue weighted by atomic mass is 16.5. The maximum Gasteiger partial charge on any atom is 0.123 e. The van der Waals surface area contributed by atoms with E-state index in [-0.39, 0.29) is 11.6 Å². The van der Waals surface area contributed by atoms with Crippen LogP contribution in [0.2, 0.25) is 0 Å². The van der Waals surface area contributed by atoms with E-state index in [9.17, 15) is 0 Å². The van der Waals surface area contributed by atoms with Crippen LogP contribution in [-0.2, 0) is 0 Å². The molecular weight excluding hydrogens is 224 g/mol. The molecule has 1 aromatic carbocycles. The number of para-hydroxylation sites is 1. The lowest BCUT2D eigenvalue weighted by Crippen LogP contribution is -2.50. The number of likely N-dealkylation sites (N-methyl/N-ethyl adjacent to an activating group) is 1. The molecule has 18 heavy (non-hydrogen) atoms. The second kappa shape index (κ2) is 5.29. The maximum absolute atomic E-state index is 6.59.